The summed E-state index contributed by atoms with van der Waals surface area (Å²) in [5.74, 6) is 0.697. The van der Waals surface area contributed by atoms with Crippen molar-refractivity contribution < 1.29 is 19.4 Å². The van der Waals surface area contributed by atoms with Crippen LogP contribution in [-0.4, -0.2) is 52.0 Å². The molecule has 0 fully saturated rings. The zero-order valence-electron chi connectivity index (χ0n) is 21.3. The Labute approximate surface area is 217 Å². The second-order valence-electron chi connectivity index (χ2n) is 9.43. The van der Waals surface area contributed by atoms with E-state index in [1.165, 1.54) is 0 Å². The fraction of sp³-hybridized carbons (Fsp3) is 0.429. The van der Waals surface area contributed by atoms with Crippen LogP contribution in [0.15, 0.2) is 36.4 Å². The molecule has 7 nitrogen and oxygen atoms in total. The molecule has 1 aliphatic heterocycles. The molecule has 0 saturated carbocycles. The van der Waals surface area contributed by atoms with E-state index < -0.39 is 6.04 Å². The van der Waals surface area contributed by atoms with E-state index in [1.54, 1.807) is 12.1 Å². The number of rotatable bonds is 11. The molecule has 2 aromatic carbocycles. The first-order valence-corrected chi connectivity index (χ1v) is 12.9. The van der Waals surface area contributed by atoms with Crippen LogP contribution >= 0.6 is 11.6 Å². The summed E-state index contributed by atoms with van der Waals surface area (Å²) >= 11 is 6.40. The summed E-state index contributed by atoms with van der Waals surface area (Å²) < 4.78 is 11.7. The lowest BCUT2D eigenvalue weighted by atomic mass is 9.95. The Bertz CT molecular complexity index is 1220. The third kappa shape index (κ3) is 5.37. The lowest BCUT2D eigenvalue weighted by Gasteiger charge is -2.27. The number of carbonyl (C=O) groups is 1. The average Bonchev–Trinajstić information content (AvgIpc) is 3.38. The van der Waals surface area contributed by atoms with Gasteiger partial charge >= 0.3 is 0 Å². The minimum absolute atomic E-state index is 0.0674. The fourth-order valence-electron chi connectivity index (χ4n) is 4.50. The largest absolute Gasteiger partial charge is 0.507 e. The summed E-state index contributed by atoms with van der Waals surface area (Å²) in [5.41, 5.74) is 3.84. The van der Waals surface area contributed by atoms with Crippen molar-refractivity contribution in [3.8, 4) is 22.8 Å². The van der Waals surface area contributed by atoms with E-state index >= 15 is 0 Å². The quantitative estimate of drug-likeness (QED) is 0.296. The van der Waals surface area contributed by atoms with Gasteiger partial charge in [-0.05, 0) is 69.0 Å². The number of amides is 1. The van der Waals surface area contributed by atoms with Crippen LogP contribution in [0.5, 0.6) is 11.5 Å². The lowest BCUT2D eigenvalue weighted by molar-refractivity contribution is 0.0601. The Morgan fingerprint density at radius 1 is 1.19 bits per heavy atom. The molecule has 0 saturated heterocycles. The first kappa shape index (κ1) is 26.0. The maximum Gasteiger partial charge on any atom is 0.273 e. The monoisotopic (exact) mass is 511 g/mol. The van der Waals surface area contributed by atoms with Gasteiger partial charge in [0, 0.05) is 29.3 Å². The molecular weight excluding hydrogens is 478 g/mol. The van der Waals surface area contributed by atoms with Gasteiger partial charge < -0.3 is 19.5 Å². The van der Waals surface area contributed by atoms with Crippen molar-refractivity contribution in [3.63, 3.8) is 0 Å². The number of nitrogens with one attached hydrogen (secondary N) is 1. The highest BCUT2D eigenvalue weighted by atomic mass is 35.5. The number of phenols is 1. The molecule has 0 radical (unpaired) electrons. The second-order valence-corrected chi connectivity index (χ2v) is 9.84. The van der Waals surface area contributed by atoms with Crippen molar-refractivity contribution >= 4 is 17.5 Å². The van der Waals surface area contributed by atoms with E-state index in [2.05, 4.69) is 17.1 Å². The van der Waals surface area contributed by atoms with E-state index in [-0.39, 0.29) is 17.8 Å². The molecule has 1 unspecified atom stereocenters. The van der Waals surface area contributed by atoms with Gasteiger partial charge in [0.2, 0.25) is 0 Å². The summed E-state index contributed by atoms with van der Waals surface area (Å²) in [7, 11) is 0. The van der Waals surface area contributed by atoms with Gasteiger partial charge in [-0.25, -0.2) is 0 Å². The molecule has 2 N–H and O–H groups in total. The number of benzene rings is 2. The molecule has 0 bridgehead atoms. The Hall–Kier alpha value is -3.03. The van der Waals surface area contributed by atoms with Gasteiger partial charge in [0.25, 0.3) is 5.91 Å². The number of aryl methyl sites for hydroxylation is 1. The maximum atomic E-state index is 13.5. The summed E-state index contributed by atoms with van der Waals surface area (Å²) in [5, 5.41) is 18.7. The van der Waals surface area contributed by atoms with Gasteiger partial charge in [0.1, 0.15) is 22.9 Å². The number of phenolic OH excluding ortho intramolecular Hbond substituents is 1. The standard InChI is InChI=1S/C28H34ClN3O4/c1-5-6-12-36-20-10-7-9-19(15-20)27-24-25(21-16-22(29)18(4)14-23(21)33)30-31-26(24)28(34)32(27)11-8-13-35-17(2)3/h7,9-10,14-17,27,33H,5-6,8,11-13H2,1-4H3,(H,30,31). The Morgan fingerprint density at radius 3 is 2.75 bits per heavy atom. The van der Waals surface area contributed by atoms with Crippen molar-refractivity contribution in [3.05, 3.63) is 63.8 Å². The van der Waals surface area contributed by atoms with Crippen LogP contribution in [0.4, 0.5) is 0 Å². The molecule has 0 spiro atoms. The van der Waals surface area contributed by atoms with Crippen molar-refractivity contribution in [2.24, 2.45) is 0 Å². The zero-order chi connectivity index (χ0) is 25.8. The van der Waals surface area contributed by atoms with Gasteiger partial charge in [-0.15, -0.1) is 0 Å². The van der Waals surface area contributed by atoms with Crippen molar-refractivity contribution in [1.29, 1.82) is 0 Å². The van der Waals surface area contributed by atoms with Crippen LogP contribution in [-0.2, 0) is 4.74 Å². The molecule has 1 amide bonds. The maximum absolute atomic E-state index is 13.5. The van der Waals surface area contributed by atoms with Gasteiger partial charge in [0.15, 0.2) is 0 Å². The highest BCUT2D eigenvalue weighted by Crippen LogP contribution is 2.45. The third-order valence-corrected chi connectivity index (χ3v) is 6.74. The number of H-pyrrole nitrogens is 1. The van der Waals surface area contributed by atoms with Gasteiger partial charge in [-0.2, -0.15) is 5.10 Å². The number of unbranched alkanes of at least 4 members (excludes halogenated alkanes) is 1. The predicted octanol–water partition coefficient (Wildman–Crippen LogP) is 6.28. The third-order valence-electron chi connectivity index (χ3n) is 6.33. The minimum atomic E-state index is -0.394. The smallest absolute Gasteiger partial charge is 0.273 e. The van der Waals surface area contributed by atoms with E-state index in [4.69, 9.17) is 21.1 Å². The highest BCUT2D eigenvalue weighted by Gasteiger charge is 2.42. The molecule has 192 valence electrons. The SMILES string of the molecule is CCCCOc1cccc(C2c3c(-c4cc(Cl)c(C)cc4O)n[nH]c3C(=O)N2CCCOC(C)C)c1. The van der Waals surface area contributed by atoms with Crippen LogP contribution in [0.25, 0.3) is 11.3 Å². The first-order valence-electron chi connectivity index (χ1n) is 12.5. The van der Waals surface area contributed by atoms with E-state index in [9.17, 15) is 9.90 Å². The number of ether oxygens (including phenoxy) is 2. The molecule has 8 heteroatoms. The van der Waals surface area contributed by atoms with E-state index in [0.29, 0.717) is 48.2 Å². The molecule has 1 atom stereocenters. The van der Waals surface area contributed by atoms with Crippen LogP contribution in [0.1, 0.15) is 73.3 Å². The van der Waals surface area contributed by atoms with Crippen LogP contribution < -0.4 is 4.74 Å². The molecular formula is C28H34ClN3O4. The van der Waals surface area contributed by atoms with Gasteiger partial charge in [-0.1, -0.05) is 37.1 Å². The molecule has 1 aromatic heterocycles. The summed E-state index contributed by atoms with van der Waals surface area (Å²) in [6.07, 6.45) is 2.84. The van der Waals surface area contributed by atoms with Gasteiger partial charge in [0.05, 0.1) is 18.8 Å². The average molecular weight is 512 g/mol. The number of aromatic amines is 1. The van der Waals surface area contributed by atoms with Crippen molar-refractivity contribution in [1.82, 2.24) is 15.1 Å². The van der Waals surface area contributed by atoms with E-state index in [1.807, 2.05) is 49.9 Å². The predicted molar refractivity (Wildman–Crippen MR) is 141 cm³/mol. The first-order chi connectivity index (χ1) is 17.3. The highest BCUT2D eigenvalue weighted by molar-refractivity contribution is 6.31. The Morgan fingerprint density at radius 2 is 2.00 bits per heavy atom. The van der Waals surface area contributed by atoms with Crippen LogP contribution in [0.3, 0.4) is 0 Å². The number of aromatic nitrogens is 2. The topological polar surface area (TPSA) is 87.7 Å². The Kier molecular flexibility index (Phi) is 8.21. The molecule has 4 rings (SSSR count). The molecule has 36 heavy (non-hydrogen) atoms. The lowest BCUT2D eigenvalue weighted by Crippen LogP contribution is -2.31. The number of aromatic hydroxyl groups is 1. The normalized spacial score (nSPS) is 15.1. The fourth-order valence-corrected chi connectivity index (χ4v) is 4.66. The second kappa shape index (κ2) is 11.4. The minimum Gasteiger partial charge on any atom is -0.507 e. The number of halogens is 1. The number of nitrogens with zero attached hydrogens (tertiary/aromatic N) is 2. The van der Waals surface area contributed by atoms with Crippen LogP contribution in [0.2, 0.25) is 5.02 Å². The number of hydrogen-bond acceptors (Lipinski definition) is 5. The summed E-state index contributed by atoms with van der Waals surface area (Å²) in [6.45, 7) is 9.66. The molecule has 0 aliphatic carbocycles. The van der Waals surface area contributed by atoms with E-state index in [0.717, 1.165) is 35.3 Å². The molecule has 2 heterocycles. The van der Waals surface area contributed by atoms with Gasteiger partial charge in [-0.3, -0.25) is 9.89 Å². The number of fused-ring (bicyclic) bond motifs is 1. The number of carbonyl (C=O) groups excluding carboxylic acids is 1. The number of hydrogen-bond donors (Lipinski definition) is 2. The van der Waals surface area contributed by atoms with Crippen molar-refractivity contribution in [2.75, 3.05) is 19.8 Å². The zero-order valence-corrected chi connectivity index (χ0v) is 22.1. The summed E-state index contributed by atoms with van der Waals surface area (Å²) in [4.78, 5) is 15.4. The molecule has 1 aliphatic rings. The molecule has 3 aromatic rings. The van der Waals surface area contributed by atoms with Crippen molar-refractivity contribution in [2.45, 2.75) is 59.1 Å². The Balaban J connectivity index is 1.75. The van der Waals surface area contributed by atoms with Crippen LogP contribution in [0, 0.1) is 6.92 Å². The summed E-state index contributed by atoms with van der Waals surface area (Å²) in [6, 6.07) is 10.8.